The largest absolute Gasteiger partial charge is 0.480 e. The second-order valence-corrected chi connectivity index (χ2v) is 3.83. The molecule has 1 aromatic heterocycles. The van der Waals surface area contributed by atoms with Gasteiger partial charge in [0.2, 0.25) is 0 Å². The molecule has 1 rings (SSSR count). The van der Waals surface area contributed by atoms with E-state index in [9.17, 15) is 14.4 Å². The summed E-state index contributed by atoms with van der Waals surface area (Å²) in [5, 5.41) is 11.2. The number of carbonyl (C=O) groups excluding carboxylic acids is 1. The van der Waals surface area contributed by atoms with Gasteiger partial charge in [0.15, 0.2) is 0 Å². The SMILES string of the molecule is CC(C)[C@H](NC(=O)c1c[nH]c(=O)cn1)C(=O)O. The number of aromatic amines is 1. The maximum absolute atomic E-state index is 11.6. The van der Waals surface area contributed by atoms with Crippen LogP contribution in [0.5, 0.6) is 0 Å². The fourth-order valence-corrected chi connectivity index (χ4v) is 1.20. The average Bonchev–Trinajstić information content (AvgIpc) is 2.25. The number of nitrogens with zero attached hydrogens (tertiary/aromatic N) is 1. The first-order valence-corrected chi connectivity index (χ1v) is 5.00. The van der Waals surface area contributed by atoms with Crippen LogP contribution in [0, 0.1) is 5.92 Å². The van der Waals surface area contributed by atoms with Gasteiger partial charge in [-0.2, -0.15) is 0 Å². The molecule has 0 saturated carbocycles. The maximum atomic E-state index is 11.6. The van der Waals surface area contributed by atoms with E-state index in [0.717, 1.165) is 12.4 Å². The Morgan fingerprint density at radius 3 is 2.53 bits per heavy atom. The fraction of sp³-hybridized carbons (Fsp3) is 0.400. The van der Waals surface area contributed by atoms with E-state index in [0.29, 0.717) is 0 Å². The Bertz CT molecular complexity index is 460. The number of aromatic nitrogens is 2. The minimum atomic E-state index is -1.11. The predicted octanol–water partition coefficient (Wildman–Crippen LogP) is -0.391. The third-order valence-corrected chi connectivity index (χ3v) is 2.12. The highest BCUT2D eigenvalue weighted by Gasteiger charge is 2.24. The van der Waals surface area contributed by atoms with Gasteiger partial charge in [-0.1, -0.05) is 13.8 Å². The molecule has 7 nitrogen and oxygen atoms in total. The molecule has 1 amide bonds. The van der Waals surface area contributed by atoms with Gasteiger partial charge in [-0.15, -0.1) is 0 Å². The quantitative estimate of drug-likeness (QED) is 0.662. The lowest BCUT2D eigenvalue weighted by Gasteiger charge is -2.17. The summed E-state index contributed by atoms with van der Waals surface area (Å²) in [6.45, 7) is 3.36. The number of amides is 1. The van der Waals surface area contributed by atoms with Crippen molar-refractivity contribution in [1.82, 2.24) is 15.3 Å². The number of carboxylic acid groups (broad SMARTS) is 1. The number of H-pyrrole nitrogens is 1. The topological polar surface area (TPSA) is 112 Å². The Morgan fingerprint density at radius 2 is 2.12 bits per heavy atom. The molecule has 0 unspecified atom stereocenters. The lowest BCUT2D eigenvalue weighted by molar-refractivity contribution is -0.140. The average molecular weight is 239 g/mol. The second kappa shape index (κ2) is 5.24. The Balaban J connectivity index is 2.81. The predicted molar refractivity (Wildman–Crippen MR) is 58.6 cm³/mol. The van der Waals surface area contributed by atoms with Crippen molar-refractivity contribution < 1.29 is 14.7 Å². The lowest BCUT2D eigenvalue weighted by atomic mass is 10.0. The fourth-order valence-electron chi connectivity index (χ4n) is 1.20. The standard InChI is InChI=1S/C10H13N3O4/c1-5(2)8(10(16)17)13-9(15)6-3-12-7(14)4-11-6/h3-5,8H,1-2H3,(H,12,14)(H,13,15)(H,16,17)/t8-/m0/s1. The van der Waals surface area contributed by atoms with Gasteiger partial charge < -0.3 is 15.4 Å². The molecule has 17 heavy (non-hydrogen) atoms. The van der Waals surface area contributed by atoms with Crippen molar-refractivity contribution in [2.45, 2.75) is 19.9 Å². The summed E-state index contributed by atoms with van der Waals surface area (Å²) in [6.07, 6.45) is 2.09. The van der Waals surface area contributed by atoms with E-state index in [4.69, 9.17) is 5.11 Å². The highest BCUT2D eigenvalue weighted by atomic mass is 16.4. The van der Waals surface area contributed by atoms with Crippen molar-refractivity contribution in [2.75, 3.05) is 0 Å². The van der Waals surface area contributed by atoms with Crippen molar-refractivity contribution in [2.24, 2.45) is 5.92 Å². The monoisotopic (exact) mass is 239 g/mol. The molecule has 3 N–H and O–H groups in total. The van der Waals surface area contributed by atoms with Crippen LogP contribution in [0.2, 0.25) is 0 Å². The van der Waals surface area contributed by atoms with Gasteiger partial charge in [0.25, 0.3) is 11.5 Å². The molecule has 1 aromatic rings. The molecular weight excluding hydrogens is 226 g/mol. The Hall–Kier alpha value is -2.18. The van der Waals surface area contributed by atoms with Gasteiger partial charge in [0.1, 0.15) is 11.7 Å². The van der Waals surface area contributed by atoms with Gasteiger partial charge in [-0.3, -0.25) is 9.59 Å². The van der Waals surface area contributed by atoms with E-state index in [2.05, 4.69) is 15.3 Å². The molecule has 0 spiro atoms. The third kappa shape index (κ3) is 3.40. The summed E-state index contributed by atoms with van der Waals surface area (Å²) in [5.74, 6) is -2.00. The molecule has 1 heterocycles. The van der Waals surface area contributed by atoms with Crippen molar-refractivity contribution in [3.63, 3.8) is 0 Å². The summed E-state index contributed by atoms with van der Waals surface area (Å²) < 4.78 is 0. The van der Waals surface area contributed by atoms with Crippen LogP contribution in [0.4, 0.5) is 0 Å². The summed E-state index contributed by atoms with van der Waals surface area (Å²) in [7, 11) is 0. The summed E-state index contributed by atoms with van der Waals surface area (Å²) in [4.78, 5) is 39.1. The van der Waals surface area contributed by atoms with Crippen LogP contribution in [0.25, 0.3) is 0 Å². The highest BCUT2D eigenvalue weighted by Crippen LogP contribution is 2.02. The zero-order chi connectivity index (χ0) is 13.0. The minimum Gasteiger partial charge on any atom is -0.480 e. The molecule has 0 aliphatic carbocycles. The molecular formula is C10H13N3O4. The van der Waals surface area contributed by atoms with Gasteiger partial charge in [-0.05, 0) is 5.92 Å². The van der Waals surface area contributed by atoms with Gasteiger partial charge in [0.05, 0.1) is 6.20 Å². The Kier molecular flexibility index (Phi) is 3.97. The number of carbonyl (C=O) groups is 2. The molecule has 92 valence electrons. The van der Waals surface area contributed by atoms with Crippen molar-refractivity contribution in [1.29, 1.82) is 0 Å². The van der Waals surface area contributed by atoms with Crippen LogP contribution in [0.3, 0.4) is 0 Å². The third-order valence-electron chi connectivity index (χ3n) is 2.12. The van der Waals surface area contributed by atoms with E-state index >= 15 is 0 Å². The zero-order valence-electron chi connectivity index (χ0n) is 9.43. The lowest BCUT2D eigenvalue weighted by Crippen LogP contribution is -2.44. The van der Waals surface area contributed by atoms with Crippen LogP contribution < -0.4 is 10.9 Å². The number of rotatable bonds is 4. The van der Waals surface area contributed by atoms with Crippen LogP contribution in [-0.2, 0) is 4.79 Å². The van der Waals surface area contributed by atoms with E-state index < -0.39 is 23.5 Å². The van der Waals surface area contributed by atoms with Crippen LogP contribution in [0.15, 0.2) is 17.2 Å². The molecule has 1 atom stereocenters. The number of hydrogen-bond acceptors (Lipinski definition) is 4. The molecule has 0 aliphatic heterocycles. The molecule has 0 aromatic carbocycles. The first-order valence-electron chi connectivity index (χ1n) is 5.00. The van der Waals surface area contributed by atoms with Crippen molar-refractivity contribution >= 4 is 11.9 Å². The normalized spacial score (nSPS) is 12.2. The van der Waals surface area contributed by atoms with E-state index in [1.807, 2.05) is 0 Å². The van der Waals surface area contributed by atoms with Crippen LogP contribution in [0.1, 0.15) is 24.3 Å². The van der Waals surface area contributed by atoms with E-state index in [-0.39, 0.29) is 11.6 Å². The molecule has 0 radical (unpaired) electrons. The maximum Gasteiger partial charge on any atom is 0.326 e. The molecule has 0 fully saturated rings. The smallest absolute Gasteiger partial charge is 0.326 e. The summed E-state index contributed by atoms with van der Waals surface area (Å²) in [5.41, 5.74) is -0.461. The van der Waals surface area contributed by atoms with Crippen molar-refractivity contribution in [3.05, 3.63) is 28.4 Å². The van der Waals surface area contributed by atoms with Crippen LogP contribution >= 0.6 is 0 Å². The van der Waals surface area contributed by atoms with Crippen molar-refractivity contribution in [3.8, 4) is 0 Å². The van der Waals surface area contributed by atoms with Gasteiger partial charge >= 0.3 is 5.97 Å². The Morgan fingerprint density at radius 1 is 1.47 bits per heavy atom. The highest BCUT2D eigenvalue weighted by molar-refractivity contribution is 5.94. The molecule has 0 saturated heterocycles. The summed E-state index contributed by atoms with van der Waals surface area (Å²) >= 11 is 0. The zero-order valence-corrected chi connectivity index (χ0v) is 9.43. The number of aliphatic carboxylic acids is 1. The number of hydrogen-bond donors (Lipinski definition) is 3. The van der Waals surface area contributed by atoms with Crippen LogP contribution in [-0.4, -0.2) is 33.0 Å². The van der Waals surface area contributed by atoms with E-state index in [1.165, 1.54) is 0 Å². The molecule has 0 bridgehead atoms. The number of carboxylic acids is 1. The Labute approximate surface area is 96.9 Å². The van der Waals surface area contributed by atoms with Gasteiger partial charge in [0, 0.05) is 6.20 Å². The first-order chi connectivity index (χ1) is 7.91. The molecule has 0 aliphatic rings. The number of nitrogens with one attached hydrogen (secondary N) is 2. The van der Waals surface area contributed by atoms with Gasteiger partial charge in [-0.25, -0.2) is 9.78 Å². The second-order valence-electron chi connectivity index (χ2n) is 3.83. The first kappa shape index (κ1) is 12.9. The molecule has 7 heteroatoms. The minimum absolute atomic E-state index is 0.0310. The summed E-state index contributed by atoms with van der Waals surface area (Å²) in [6, 6.07) is -0.990. The van der Waals surface area contributed by atoms with E-state index in [1.54, 1.807) is 13.8 Å².